The molecule has 0 saturated carbocycles. The summed E-state index contributed by atoms with van der Waals surface area (Å²) < 4.78 is 34.1. The van der Waals surface area contributed by atoms with Gasteiger partial charge in [0.25, 0.3) is 5.91 Å². The molecule has 1 aliphatic heterocycles. The lowest BCUT2D eigenvalue weighted by molar-refractivity contribution is -0.117. The molecule has 1 N–H and O–H groups in total. The number of rotatable bonds is 5. The van der Waals surface area contributed by atoms with Gasteiger partial charge in [-0.25, -0.2) is 18.5 Å². The van der Waals surface area contributed by atoms with E-state index in [1.807, 2.05) is 0 Å². The maximum atomic E-state index is 14.6. The van der Waals surface area contributed by atoms with Gasteiger partial charge in [0.2, 0.25) is 5.91 Å². The molecule has 158 valence electrons. The molecule has 0 saturated heterocycles. The van der Waals surface area contributed by atoms with Gasteiger partial charge in [-0.3, -0.25) is 9.59 Å². The van der Waals surface area contributed by atoms with Crippen molar-refractivity contribution in [2.45, 2.75) is 20.0 Å². The van der Waals surface area contributed by atoms with Crippen molar-refractivity contribution in [3.8, 4) is 5.75 Å². The smallest absolute Gasteiger partial charge is 0.346 e. The molecule has 6 nitrogen and oxygen atoms in total. The van der Waals surface area contributed by atoms with Gasteiger partial charge in [-0.1, -0.05) is 11.6 Å². The van der Waals surface area contributed by atoms with Gasteiger partial charge in [-0.2, -0.15) is 0 Å². The molecule has 0 radical (unpaired) electrons. The van der Waals surface area contributed by atoms with Crippen LogP contribution >= 0.6 is 11.3 Å². The minimum Gasteiger partial charge on any atom is -0.489 e. The quantitative estimate of drug-likeness (QED) is 0.593. The molecule has 2 aromatic carbocycles. The Labute approximate surface area is 179 Å². The van der Waals surface area contributed by atoms with Gasteiger partial charge in [-0.05, 0) is 42.1 Å². The first-order valence-corrected chi connectivity index (χ1v) is 10.0. The van der Waals surface area contributed by atoms with Crippen LogP contribution in [0.1, 0.15) is 36.7 Å². The highest BCUT2D eigenvalue weighted by Crippen LogP contribution is 2.34. The summed E-state index contributed by atoms with van der Waals surface area (Å²) >= 11 is 0.839. The number of carbonyl (C=O) groups excluding carboxylic acids is 2. The highest BCUT2D eigenvalue weighted by Gasteiger charge is 2.38. The van der Waals surface area contributed by atoms with Crippen LogP contribution in [0.4, 0.5) is 14.5 Å². The Morgan fingerprint density at radius 3 is 2.65 bits per heavy atom. The van der Waals surface area contributed by atoms with Crippen LogP contribution in [0.5, 0.6) is 5.75 Å². The van der Waals surface area contributed by atoms with Crippen LogP contribution in [0.25, 0.3) is 0 Å². The Kier molecular flexibility index (Phi) is 5.28. The lowest BCUT2D eigenvalue weighted by atomic mass is 10.0. The summed E-state index contributed by atoms with van der Waals surface area (Å²) in [4.78, 5) is 37.3. The monoisotopic (exact) mass is 443 g/mol. The number of hydrogen-bond donors (Lipinski definition) is 1. The number of aromatic carboxylic acids is 1. The van der Waals surface area contributed by atoms with Crippen molar-refractivity contribution < 1.29 is 33.0 Å². The maximum absolute atomic E-state index is 14.6. The zero-order valence-electron chi connectivity index (χ0n) is 16.1. The van der Waals surface area contributed by atoms with Crippen molar-refractivity contribution in [2.24, 2.45) is 0 Å². The Bertz CT molecular complexity index is 1240. The third-order valence-electron chi connectivity index (χ3n) is 4.82. The second kappa shape index (κ2) is 7.92. The van der Waals surface area contributed by atoms with Gasteiger partial charge in [0, 0.05) is 11.6 Å². The van der Waals surface area contributed by atoms with E-state index >= 15 is 0 Å². The first-order chi connectivity index (χ1) is 14.8. The minimum atomic E-state index is -1.30. The van der Waals surface area contributed by atoms with Crippen LogP contribution in [0, 0.1) is 18.6 Å². The van der Waals surface area contributed by atoms with Crippen molar-refractivity contribution in [1.29, 1.82) is 0 Å². The van der Waals surface area contributed by atoms with Gasteiger partial charge in [0.1, 0.15) is 28.9 Å². The second-order valence-corrected chi connectivity index (χ2v) is 7.86. The zero-order chi connectivity index (χ0) is 22.3. The molecule has 1 aromatic heterocycles. The Balaban J connectivity index is 1.66. The molecule has 0 unspecified atom stereocenters. The first kappa shape index (κ1) is 20.7. The summed E-state index contributed by atoms with van der Waals surface area (Å²) in [7, 11) is 0. The first-order valence-electron chi connectivity index (χ1n) is 9.14. The number of carbonyl (C=O) groups is 3. The number of thiophene rings is 1. The summed E-state index contributed by atoms with van der Waals surface area (Å²) in [6.45, 7) is 1.66. The van der Waals surface area contributed by atoms with Crippen molar-refractivity contribution in [3.05, 3.63) is 80.5 Å². The number of aryl methyl sites for hydroxylation is 1. The topological polar surface area (TPSA) is 83.9 Å². The predicted octanol–water partition coefficient (Wildman–Crippen LogP) is 4.34. The third kappa shape index (κ3) is 3.79. The third-order valence-corrected chi connectivity index (χ3v) is 5.84. The largest absolute Gasteiger partial charge is 0.489 e. The van der Waals surface area contributed by atoms with E-state index < -0.39 is 29.4 Å². The Morgan fingerprint density at radius 2 is 1.90 bits per heavy atom. The fourth-order valence-electron chi connectivity index (χ4n) is 3.36. The van der Waals surface area contributed by atoms with Crippen molar-refractivity contribution in [3.63, 3.8) is 0 Å². The summed E-state index contributed by atoms with van der Waals surface area (Å²) in [5, 5.41) is 10.8. The second-order valence-electron chi connectivity index (χ2n) is 6.98. The minimum absolute atomic E-state index is 0.118. The van der Waals surface area contributed by atoms with E-state index in [-0.39, 0.29) is 34.9 Å². The Hall–Kier alpha value is -3.59. The molecular weight excluding hydrogens is 428 g/mol. The average molecular weight is 443 g/mol. The molecular formula is C22H15F2NO5S. The molecule has 2 heterocycles. The van der Waals surface area contributed by atoms with E-state index in [1.54, 1.807) is 19.1 Å². The molecule has 3 aromatic rings. The van der Waals surface area contributed by atoms with E-state index in [9.17, 15) is 28.3 Å². The molecule has 1 aliphatic rings. The van der Waals surface area contributed by atoms with Crippen LogP contribution in [0.15, 0.2) is 41.8 Å². The van der Waals surface area contributed by atoms with Crippen LogP contribution in [-0.2, 0) is 17.8 Å². The standard InChI is InChI=1S/C22H15F2NO5S/c1-11-2-4-15(23)12(6-11)9-30-14-3-5-16(24)17(8-14)25-18(26)7-13-10-31-20(22(28)29)19(13)21(25)27/h2-6,8,10H,7,9H2,1H3,(H,28,29). The fraction of sp³-hybridized carbons (Fsp3) is 0.136. The van der Waals surface area contributed by atoms with Crippen molar-refractivity contribution in [2.75, 3.05) is 4.90 Å². The van der Waals surface area contributed by atoms with Gasteiger partial charge in [-0.15, -0.1) is 11.3 Å². The van der Waals surface area contributed by atoms with Gasteiger partial charge in [0.15, 0.2) is 0 Å². The number of benzene rings is 2. The van der Waals surface area contributed by atoms with E-state index in [1.165, 1.54) is 17.5 Å². The number of ether oxygens (including phenoxy) is 1. The molecule has 4 rings (SSSR count). The number of carboxylic acid groups (broad SMARTS) is 1. The zero-order valence-corrected chi connectivity index (χ0v) is 17.0. The predicted molar refractivity (Wildman–Crippen MR) is 109 cm³/mol. The number of nitrogens with zero attached hydrogens (tertiary/aromatic N) is 1. The molecule has 0 spiro atoms. The van der Waals surface area contributed by atoms with Crippen LogP contribution in [0.2, 0.25) is 0 Å². The molecule has 0 fully saturated rings. The number of hydrogen-bond acceptors (Lipinski definition) is 5. The number of anilines is 1. The molecule has 2 amide bonds. The normalized spacial score (nSPS) is 13.3. The van der Waals surface area contributed by atoms with Crippen LogP contribution in [0.3, 0.4) is 0 Å². The van der Waals surface area contributed by atoms with E-state index in [0.717, 1.165) is 29.0 Å². The Morgan fingerprint density at radius 1 is 1.16 bits per heavy atom. The molecule has 0 bridgehead atoms. The average Bonchev–Trinajstić information content (AvgIpc) is 3.15. The number of halogens is 2. The molecule has 31 heavy (non-hydrogen) atoms. The van der Waals surface area contributed by atoms with E-state index in [4.69, 9.17) is 4.74 Å². The highest BCUT2D eigenvalue weighted by atomic mass is 32.1. The summed E-state index contributed by atoms with van der Waals surface area (Å²) in [5.41, 5.74) is 0.960. The summed E-state index contributed by atoms with van der Waals surface area (Å²) in [6, 6.07) is 8.03. The van der Waals surface area contributed by atoms with Crippen molar-refractivity contribution >= 4 is 34.8 Å². The summed E-state index contributed by atoms with van der Waals surface area (Å²) in [6.07, 6.45) is -0.232. The van der Waals surface area contributed by atoms with Gasteiger partial charge >= 0.3 is 5.97 Å². The molecule has 9 heteroatoms. The van der Waals surface area contributed by atoms with Crippen molar-refractivity contribution in [1.82, 2.24) is 0 Å². The lowest BCUT2D eigenvalue weighted by Crippen LogP contribution is -2.43. The highest BCUT2D eigenvalue weighted by molar-refractivity contribution is 7.12. The number of fused-ring (bicyclic) bond motifs is 1. The summed E-state index contributed by atoms with van der Waals surface area (Å²) in [5.74, 6) is -4.09. The van der Waals surface area contributed by atoms with Gasteiger partial charge in [0.05, 0.1) is 17.7 Å². The van der Waals surface area contributed by atoms with Gasteiger partial charge < -0.3 is 9.84 Å². The SMILES string of the molecule is Cc1ccc(F)c(COc2ccc(F)c(N3C(=O)Cc4csc(C(=O)O)c4C3=O)c2)c1. The number of amides is 2. The van der Waals surface area contributed by atoms with E-state index in [0.29, 0.717) is 16.0 Å². The number of imide groups is 1. The maximum Gasteiger partial charge on any atom is 0.346 e. The molecule has 0 aliphatic carbocycles. The van der Waals surface area contributed by atoms with Crippen LogP contribution < -0.4 is 9.64 Å². The lowest BCUT2D eigenvalue weighted by Gasteiger charge is -2.26. The molecule has 0 atom stereocenters. The number of carboxylic acids is 1. The van der Waals surface area contributed by atoms with E-state index in [2.05, 4.69) is 0 Å². The fourth-order valence-corrected chi connectivity index (χ4v) is 4.25. The van der Waals surface area contributed by atoms with Crippen LogP contribution in [-0.4, -0.2) is 22.9 Å².